The lowest BCUT2D eigenvalue weighted by molar-refractivity contribution is -0.141. The number of ether oxygens (including phenoxy) is 1. The van der Waals surface area contributed by atoms with Gasteiger partial charge < -0.3 is 15.0 Å². The van der Waals surface area contributed by atoms with Gasteiger partial charge in [0.2, 0.25) is 11.8 Å². The number of hydrogen-bond acceptors (Lipinski definition) is 4. The molecule has 2 aromatic rings. The summed E-state index contributed by atoms with van der Waals surface area (Å²) in [7, 11) is 1.61. The van der Waals surface area contributed by atoms with Crippen LogP contribution in [0.15, 0.2) is 53.4 Å². The highest BCUT2D eigenvalue weighted by Crippen LogP contribution is 2.23. The summed E-state index contributed by atoms with van der Waals surface area (Å²) in [5.74, 6) is 1.18. The molecule has 31 heavy (non-hydrogen) atoms. The summed E-state index contributed by atoms with van der Waals surface area (Å²) < 4.78 is 5.31. The molecule has 1 atom stereocenters. The van der Waals surface area contributed by atoms with Crippen molar-refractivity contribution in [1.29, 1.82) is 0 Å². The van der Waals surface area contributed by atoms with E-state index in [-0.39, 0.29) is 17.9 Å². The lowest BCUT2D eigenvalue weighted by atomic mass is 10.1. The molecule has 0 bridgehead atoms. The fraction of sp³-hybridized carbons (Fsp3) is 0.417. The SMILES string of the molecule is CCC(C(=O)NC(C)C)N(Cc1cccc(OC)c1)C(=O)CCSc1ccc(Cl)cc1. The zero-order valence-electron chi connectivity index (χ0n) is 18.6. The van der Waals surface area contributed by atoms with Gasteiger partial charge in [-0.05, 0) is 62.2 Å². The van der Waals surface area contributed by atoms with Crippen LogP contribution in [0.4, 0.5) is 0 Å². The second-order valence-electron chi connectivity index (χ2n) is 7.51. The molecular weight excluding hydrogens is 432 g/mol. The summed E-state index contributed by atoms with van der Waals surface area (Å²) in [6.45, 7) is 6.12. The summed E-state index contributed by atoms with van der Waals surface area (Å²) >= 11 is 7.53. The molecule has 0 heterocycles. The van der Waals surface area contributed by atoms with Crippen molar-refractivity contribution in [2.75, 3.05) is 12.9 Å². The van der Waals surface area contributed by atoms with Crippen LogP contribution in [0.2, 0.25) is 5.02 Å². The van der Waals surface area contributed by atoms with E-state index in [9.17, 15) is 9.59 Å². The molecule has 0 aliphatic heterocycles. The number of carbonyl (C=O) groups is 2. The van der Waals surface area contributed by atoms with Crippen molar-refractivity contribution < 1.29 is 14.3 Å². The molecule has 0 aliphatic carbocycles. The number of halogens is 1. The van der Waals surface area contributed by atoms with Crippen LogP contribution in [0.1, 0.15) is 39.2 Å². The van der Waals surface area contributed by atoms with Crippen LogP contribution in [0.3, 0.4) is 0 Å². The quantitative estimate of drug-likeness (QED) is 0.468. The average molecular weight is 463 g/mol. The van der Waals surface area contributed by atoms with E-state index in [1.807, 2.05) is 69.3 Å². The molecule has 0 saturated heterocycles. The fourth-order valence-electron chi connectivity index (χ4n) is 3.20. The van der Waals surface area contributed by atoms with E-state index in [0.29, 0.717) is 30.2 Å². The van der Waals surface area contributed by atoms with Crippen molar-refractivity contribution in [3.8, 4) is 5.75 Å². The molecule has 2 rings (SSSR count). The summed E-state index contributed by atoms with van der Waals surface area (Å²) in [4.78, 5) is 28.8. The topological polar surface area (TPSA) is 58.6 Å². The van der Waals surface area contributed by atoms with Gasteiger partial charge in [0, 0.05) is 34.7 Å². The Hall–Kier alpha value is -2.18. The molecule has 0 radical (unpaired) electrons. The number of nitrogens with one attached hydrogen (secondary N) is 1. The van der Waals surface area contributed by atoms with Crippen molar-refractivity contribution in [2.24, 2.45) is 0 Å². The van der Waals surface area contributed by atoms with Crippen molar-refractivity contribution in [3.63, 3.8) is 0 Å². The number of amides is 2. The van der Waals surface area contributed by atoms with Gasteiger partial charge in [-0.1, -0.05) is 30.7 Å². The van der Waals surface area contributed by atoms with Crippen LogP contribution in [0.25, 0.3) is 0 Å². The Morgan fingerprint density at radius 3 is 2.48 bits per heavy atom. The highest BCUT2D eigenvalue weighted by atomic mass is 35.5. The van der Waals surface area contributed by atoms with Gasteiger partial charge in [-0.2, -0.15) is 0 Å². The van der Waals surface area contributed by atoms with Crippen LogP contribution in [0, 0.1) is 0 Å². The first kappa shape index (κ1) is 25.1. The number of carbonyl (C=O) groups excluding carboxylic acids is 2. The van der Waals surface area contributed by atoms with Crippen LogP contribution >= 0.6 is 23.4 Å². The number of rotatable bonds is 11. The molecule has 7 heteroatoms. The second kappa shape index (κ2) is 12.6. The fourth-order valence-corrected chi connectivity index (χ4v) is 4.17. The van der Waals surface area contributed by atoms with Gasteiger partial charge in [0.1, 0.15) is 11.8 Å². The normalized spacial score (nSPS) is 11.8. The molecule has 1 N–H and O–H groups in total. The van der Waals surface area contributed by atoms with Crippen molar-refractivity contribution in [1.82, 2.24) is 10.2 Å². The van der Waals surface area contributed by atoms with Gasteiger partial charge in [-0.3, -0.25) is 9.59 Å². The zero-order valence-corrected chi connectivity index (χ0v) is 20.1. The van der Waals surface area contributed by atoms with Crippen molar-refractivity contribution in [2.45, 2.75) is 57.1 Å². The van der Waals surface area contributed by atoms with Gasteiger partial charge in [0.05, 0.1) is 7.11 Å². The van der Waals surface area contributed by atoms with E-state index >= 15 is 0 Å². The minimum atomic E-state index is -0.526. The molecule has 0 fully saturated rings. The first-order valence-corrected chi connectivity index (χ1v) is 11.8. The Morgan fingerprint density at radius 1 is 1.16 bits per heavy atom. The predicted octanol–water partition coefficient (Wildman–Crippen LogP) is 5.16. The Balaban J connectivity index is 2.14. The van der Waals surface area contributed by atoms with Gasteiger partial charge in [-0.15, -0.1) is 11.8 Å². The molecule has 2 aromatic carbocycles. The Morgan fingerprint density at radius 2 is 1.87 bits per heavy atom. The van der Waals surface area contributed by atoms with E-state index in [2.05, 4.69) is 5.32 Å². The summed E-state index contributed by atoms with van der Waals surface area (Å²) in [6.07, 6.45) is 0.876. The molecule has 1 unspecified atom stereocenters. The minimum absolute atomic E-state index is 0.00998. The van der Waals surface area contributed by atoms with Crippen LogP contribution < -0.4 is 10.1 Å². The smallest absolute Gasteiger partial charge is 0.243 e. The summed E-state index contributed by atoms with van der Waals surface area (Å²) in [6, 6.07) is 14.6. The third kappa shape index (κ3) is 8.11. The first-order chi connectivity index (χ1) is 14.8. The van der Waals surface area contributed by atoms with E-state index in [1.165, 1.54) is 0 Å². The molecule has 0 aromatic heterocycles. The van der Waals surface area contributed by atoms with Crippen molar-refractivity contribution >= 4 is 35.2 Å². The molecule has 0 aliphatic rings. The van der Waals surface area contributed by atoms with E-state index in [0.717, 1.165) is 16.2 Å². The lowest BCUT2D eigenvalue weighted by Gasteiger charge is -2.31. The van der Waals surface area contributed by atoms with Crippen LogP contribution in [-0.2, 0) is 16.1 Å². The minimum Gasteiger partial charge on any atom is -0.497 e. The third-order valence-electron chi connectivity index (χ3n) is 4.70. The van der Waals surface area contributed by atoms with E-state index in [1.54, 1.807) is 23.8 Å². The predicted molar refractivity (Wildman–Crippen MR) is 128 cm³/mol. The standard InChI is InChI=1S/C24H31ClN2O3S/c1-5-22(24(29)26-17(2)3)27(16-18-7-6-8-20(15-18)30-4)23(28)13-14-31-21-11-9-19(25)10-12-21/h6-12,15,17,22H,5,13-14,16H2,1-4H3,(H,26,29). The summed E-state index contributed by atoms with van der Waals surface area (Å²) in [5.41, 5.74) is 0.925. The molecule has 0 spiro atoms. The monoisotopic (exact) mass is 462 g/mol. The maximum Gasteiger partial charge on any atom is 0.243 e. The van der Waals surface area contributed by atoms with Crippen molar-refractivity contribution in [3.05, 3.63) is 59.1 Å². The maximum atomic E-state index is 13.2. The number of thioether (sulfide) groups is 1. The first-order valence-electron chi connectivity index (χ1n) is 10.4. The highest BCUT2D eigenvalue weighted by Gasteiger charge is 2.28. The zero-order chi connectivity index (χ0) is 22.8. The van der Waals surface area contributed by atoms with Gasteiger partial charge in [0.15, 0.2) is 0 Å². The molecule has 5 nitrogen and oxygen atoms in total. The molecule has 168 valence electrons. The second-order valence-corrected chi connectivity index (χ2v) is 9.12. The average Bonchev–Trinajstić information content (AvgIpc) is 2.74. The highest BCUT2D eigenvalue weighted by molar-refractivity contribution is 7.99. The lowest BCUT2D eigenvalue weighted by Crippen LogP contribution is -2.50. The molecule has 2 amide bonds. The Kier molecular flexibility index (Phi) is 10.2. The van der Waals surface area contributed by atoms with E-state index < -0.39 is 6.04 Å². The van der Waals surface area contributed by atoms with E-state index in [4.69, 9.17) is 16.3 Å². The van der Waals surface area contributed by atoms with Gasteiger partial charge in [0.25, 0.3) is 0 Å². The summed E-state index contributed by atoms with van der Waals surface area (Å²) in [5, 5.41) is 3.64. The Bertz CT molecular complexity index is 858. The number of benzene rings is 2. The third-order valence-corrected chi connectivity index (χ3v) is 5.97. The van der Waals surface area contributed by atoms with Gasteiger partial charge in [-0.25, -0.2) is 0 Å². The maximum absolute atomic E-state index is 13.2. The Labute approximate surface area is 194 Å². The largest absolute Gasteiger partial charge is 0.497 e. The van der Waals surface area contributed by atoms with Crippen LogP contribution in [-0.4, -0.2) is 41.7 Å². The van der Waals surface area contributed by atoms with Gasteiger partial charge >= 0.3 is 0 Å². The number of nitrogens with zero attached hydrogens (tertiary/aromatic N) is 1. The van der Waals surface area contributed by atoms with Crippen LogP contribution in [0.5, 0.6) is 5.75 Å². The number of methoxy groups -OCH3 is 1. The molecule has 0 saturated carbocycles. The number of hydrogen-bond donors (Lipinski definition) is 1. The molecular formula is C24H31ClN2O3S.